The molecule has 0 unspecified atom stereocenters. The van der Waals surface area contributed by atoms with Crippen LogP contribution in [0.3, 0.4) is 0 Å². The fourth-order valence-corrected chi connectivity index (χ4v) is 4.15. The maximum Gasteiger partial charge on any atom is 0.295 e. The number of methoxy groups -OCH3 is 2. The van der Waals surface area contributed by atoms with E-state index < -0.39 is 17.7 Å². The highest BCUT2D eigenvalue weighted by Crippen LogP contribution is 2.39. The highest BCUT2D eigenvalue weighted by molar-refractivity contribution is 6.46. The van der Waals surface area contributed by atoms with E-state index in [0.29, 0.717) is 29.0 Å². The number of ether oxygens (including phenoxy) is 2. The molecule has 0 spiro atoms. The quantitative estimate of drug-likeness (QED) is 0.326. The first-order valence-electron chi connectivity index (χ1n) is 10.9. The van der Waals surface area contributed by atoms with Gasteiger partial charge in [0.2, 0.25) is 0 Å². The van der Waals surface area contributed by atoms with Gasteiger partial charge in [-0.25, -0.2) is 0 Å². The van der Waals surface area contributed by atoms with Gasteiger partial charge in [-0.2, -0.15) is 0 Å². The summed E-state index contributed by atoms with van der Waals surface area (Å²) in [5, 5.41) is 11.1. The number of aryl methyl sites for hydroxylation is 1. The number of aromatic nitrogens is 1. The topological polar surface area (TPSA) is 89.0 Å². The largest absolute Gasteiger partial charge is 0.507 e. The number of likely N-dealkylation sites (tertiary alicyclic amines) is 1. The molecule has 1 aromatic heterocycles. The monoisotopic (exact) mass is 458 g/mol. The van der Waals surface area contributed by atoms with Crippen molar-refractivity contribution in [3.8, 4) is 11.5 Å². The van der Waals surface area contributed by atoms with Gasteiger partial charge in [-0.1, -0.05) is 42.0 Å². The second-order valence-electron chi connectivity index (χ2n) is 8.08. The minimum absolute atomic E-state index is 0.0640. The summed E-state index contributed by atoms with van der Waals surface area (Å²) in [6.07, 6.45) is 3.72. The standard InChI is InChI=1S/C27H26N2O5/c1-17-6-9-19(10-7-17)25(30)23-24(20-5-4-13-28-16-20)29(27(32)26(23)31)14-12-18-8-11-21(33-2)22(15-18)34-3/h4-11,13,15-16,24,30H,12,14H2,1-3H3/t24-/m1/s1. The van der Waals surface area contributed by atoms with Crippen LogP contribution in [0.15, 0.2) is 72.6 Å². The van der Waals surface area contributed by atoms with Gasteiger partial charge in [0, 0.05) is 24.5 Å². The van der Waals surface area contributed by atoms with Crippen LogP contribution >= 0.6 is 0 Å². The first-order valence-corrected chi connectivity index (χ1v) is 10.9. The molecule has 3 aromatic rings. The Hall–Kier alpha value is -4.13. The highest BCUT2D eigenvalue weighted by atomic mass is 16.5. The number of ketones is 1. The molecule has 1 saturated heterocycles. The Bertz CT molecular complexity index is 1240. The maximum atomic E-state index is 13.1. The molecule has 0 aliphatic carbocycles. The molecule has 34 heavy (non-hydrogen) atoms. The maximum absolute atomic E-state index is 13.1. The van der Waals surface area contributed by atoms with Gasteiger partial charge in [0.05, 0.1) is 25.8 Å². The van der Waals surface area contributed by atoms with Crippen LogP contribution in [0.2, 0.25) is 0 Å². The molecule has 0 saturated carbocycles. The van der Waals surface area contributed by atoms with Crippen LogP contribution < -0.4 is 9.47 Å². The lowest BCUT2D eigenvalue weighted by Gasteiger charge is -2.25. The van der Waals surface area contributed by atoms with Gasteiger partial charge in [-0.3, -0.25) is 14.6 Å². The van der Waals surface area contributed by atoms with Crippen molar-refractivity contribution >= 4 is 17.4 Å². The van der Waals surface area contributed by atoms with Crippen molar-refractivity contribution in [3.05, 3.63) is 94.8 Å². The van der Waals surface area contributed by atoms with Crippen molar-refractivity contribution in [2.75, 3.05) is 20.8 Å². The summed E-state index contributed by atoms with van der Waals surface area (Å²) in [6.45, 7) is 2.21. The number of carbonyl (C=O) groups is 2. The summed E-state index contributed by atoms with van der Waals surface area (Å²) in [6, 6.07) is 15.5. The molecule has 0 radical (unpaired) electrons. The first-order chi connectivity index (χ1) is 16.4. The highest BCUT2D eigenvalue weighted by Gasteiger charge is 2.45. The number of nitrogens with zero attached hydrogens (tertiary/aromatic N) is 2. The van der Waals surface area contributed by atoms with E-state index in [4.69, 9.17) is 9.47 Å². The molecule has 1 aliphatic rings. The van der Waals surface area contributed by atoms with Crippen LogP contribution in [-0.4, -0.2) is 47.4 Å². The lowest BCUT2D eigenvalue weighted by Crippen LogP contribution is -2.31. The molecule has 2 heterocycles. The van der Waals surface area contributed by atoms with Crippen LogP contribution in [0.4, 0.5) is 0 Å². The zero-order valence-electron chi connectivity index (χ0n) is 19.3. The Kier molecular flexibility index (Phi) is 6.63. The Morgan fingerprint density at radius 3 is 2.41 bits per heavy atom. The number of Topliss-reactive ketones (excluding diaryl/α,β-unsaturated/α-hetero) is 1. The number of carbonyl (C=O) groups excluding carboxylic acids is 2. The van der Waals surface area contributed by atoms with E-state index in [1.54, 1.807) is 56.9 Å². The number of pyridine rings is 1. The predicted molar refractivity (Wildman–Crippen MR) is 128 cm³/mol. The summed E-state index contributed by atoms with van der Waals surface area (Å²) < 4.78 is 10.7. The van der Waals surface area contributed by atoms with E-state index in [0.717, 1.165) is 11.1 Å². The van der Waals surface area contributed by atoms with E-state index in [1.807, 2.05) is 31.2 Å². The van der Waals surface area contributed by atoms with E-state index >= 15 is 0 Å². The second-order valence-corrected chi connectivity index (χ2v) is 8.08. The van der Waals surface area contributed by atoms with Gasteiger partial charge in [0.15, 0.2) is 11.5 Å². The number of rotatable bonds is 7. The van der Waals surface area contributed by atoms with Crippen molar-refractivity contribution < 1.29 is 24.2 Å². The Labute approximate surface area is 198 Å². The summed E-state index contributed by atoms with van der Waals surface area (Å²) in [5.74, 6) is -0.353. The number of hydrogen-bond acceptors (Lipinski definition) is 6. The van der Waals surface area contributed by atoms with E-state index in [9.17, 15) is 14.7 Å². The van der Waals surface area contributed by atoms with E-state index in [1.165, 1.54) is 4.90 Å². The second kappa shape index (κ2) is 9.79. The fourth-order valence-electron chi connectivity index (χ4n) is 4.15. The Morgan fingerprint density at radius 1 is 1.03 bits per heavy atom. The third-order valence-electron chi connectivity index (χ3n) is 5.95. The van der Waals surface area contributed by atoms with Gasteiger partial charge in [0.25, 0.3) is 11.7 Å². The van der Waals surface area contributed by atoms with Gasteiger partial charge < -0.3 is 19.5 Å². The van der Waals surface area contributed by atoms with Gasteiger partial charge >= 0.3 is 0 Å². The Morgan fingerprint density at radius 2 is 1.76 bits per heavy atom. The minimum atomic E-state index is -0.741. The molecule has 7 nitrogen and oxygen atoms in total. The molecule has 1 atom stereocenters. The zero-order chi connectivity index (χ0) is 24.2. The molecule has 1 amide bonds. The van der Waals surface area contributed by atoms with Gasteiger partial charge in [-0.05, 0) is 42.7 Å². The molecular formula is C27H26N2O5. The zero-order valence-corrected chi connectivity index (χ0v) is 19.3. The van der Waals surface area contributed by atoms with Crippen LogP contribution in [0.1, 0.15) is 28.3 Å². The van der Waals surface area contributed by atoms with Gasteiger partial charge in [0.1, 0.15) is 5.76 Å². The molecule has 4 rings (SSSR count). The lowest BCUT2D eigenvalue weighted by atomic mass is 9.96. The molecule has 1 aliphatic heterocycles. The van der Waals surface area contributed by atoms with Crippen molar-refractivity contribution in [1.29, 1.82) is 0 Å². The third-order valence-corrected chi connectivity index (χ3v) is 5.95. The molecular weight excluding hydrogens is 432 g/mol. The van der Waals surface area contributed by atoms with Crippen molar-refractivity contribution in [2.24, 2.45) is 0 Å². The predicted octanol–water partition coefficient (Wildman–Crippen LogP) is 4.07. The van der Waals surface area contributed by atoms with Crippen molar-refractivity contribution in [1.82, 2.24) is 9.88 Å². The van der Waals surface area contributed by atoms with E-state index in [2.05, 4.69) is 4.98 Å². The molecule has 0 bridgehead atoms. The van der Waals surface area contributed by atoms with Crippen LogP contribution in [0.25, 0.3) is 5.76 Å². The van der Waals surface area contributed by atoms with Crippen molar-refractivity contribution in [2.45, 2.75) is 19.4 Å². The minimum Gasteiger partial charge on any atom is -0.507 e. The molecule has 1 N–H and O–H groups in total. The van der Waals surface area contributed by atoms with Crippen molar-refractivity contribution in [3.63, 3.8) is 0 Å². The van der Waals surface area contributed by atoms with Crippen LogP contribution in [0.5, 0.6) is 11.5 Å². The number of hydrogen-bond donors (Lipinski definition) is 1. The molecule has 1 fully saturated rings. The summed E-state index contributed by atoms with van der Waals surface area (Å²) in [4.78, 5) is 31.9. The third kappa shape index (κ3) is 4.37. The SMILES string of the molecule is COc1ccc(CCN2C(=O)C(=O)C(=C(O)c3ccc(C)cc3)[C@H]2c2cccnc2)cc1OC. The average molecular weight is 459 g/mol. The molecule has 2 aromatic carbocycles. The van der Waals surface area contributed by atoms with E-state index in [-0.39, 0.29) is 17.9 Å². The number of aliphatic hydroxyl groups excluding tert-OH is 1. The normalized spacial score (nSPS) is 17.1. The van der Waals surface area contributed by atoms with Crippen LogP contribution in [0, 0.1) is 6.92 Å². The number of amides is 1. The number of aliphatic hydroxyl groups is 1. The lowest BCUT2D eigenvalue weighted by molar-refractivity contribution is -0.139. The Balaban J connectivity index is 1.72. The summed E-state index contributed by atoms with van der Waals surface area (Å²) >= 11 is 0. The molecule has 7 heteroatoms. The first kappa shape index (κ1) is 23.0. The molecule has 174 valence electrons. The summed E-state index contributed by atoms with van der Waals surface area (Å²) in [5.41, 5.74) is 3.15. The van der Waals surface area contributed by atoms with Crippen LogP contribution in [-0.2, 0) is 16.0 Å². The smallest absolute Gasteiger partial charge is 0.295 e. The summed E-state index contributed by atoms with van der Waals surface area (Å²) in [7, 11) is 3.13. The fraction of sp³-hybridized carbons (Fsp3) is 0.222. The average Bonchev–Trinajstić information content (AvgIpc) is 3.12. The number of benzene rings is 2. The van der Waals surface area contributed by atoms with Gasteiger partial charge in [-0.15, -0.1) is 0 Å².